The fourth-order valence-electron chi connectivity index (χ4n) is 5.62. The number of nitrogens with one attached hydrogen (secondary N) is 1. The van der Waals surface area contributed by atoms with Gasteiger partial charge in [0.25, 0.3) is 0 Å². The van der Waals surface area contributed by atoms with Crippen LogP contribution in [0, 0.1) is 11.7 Å². The molecule has 6 rings (SSSR count). The lowest BCUT2D eigenvalue weighted by atomic mass is 9.77. The van der Waals surface area contributed by atoms with E-state index < -0.39 is 0 Å². The summed E-state index contributed by atoms with van der Waals surface area (Å²) in [5.41, 5.74) is 6.10. The molecule has 4 aromatic carbocycles. The van der Waals surface area contributed by atoms with Crippen molar-refractivity contribution < 1.29 is 13.9 Å². The Morgan fingerprint density at radius 1 is 1.00 bits per heavy atom. The van der Waals surface area contributed by atoms with Gasteiger partial charge < -0.3 is 14.8 Å². The second-order valence-corrected chi connectivity index (χ2v) is 10.9. The molecule has 0 saturated heterocycles. The Kier molecular flexibility index (Phi) is 7.69. The molecule has 6 heteroatoms. The predicted molar refractivity (Wildman–Crippen MR) is 163 cm³/mol. The lowest BCUT2D eigenvalue weighted by Crippen LogP contribution is -2.28. The van der Waals surface area contributed by atoms with E-state index in [1.54, 1.807) is 18.2 Å². The summed E-state index contributed by atoms with van der Waals surface area (Å²) in [5.74, 6) is 1.78. The van der Waals surface area contributed by atoms with E-state index in [0.29, 0.717) is 35.5 Å². The molecule has 1 aliphatic heterocycles. The molecular weight excluding hydrogens is 567 g/mol. The molecule has 0 bridgehead atoms. The van der Waals surface area contributed by atoms with Crippen molar-refractivity contribution >= 4 is 33.5 Å². The van der Waals surface area contributed by atoms with Crippen molar-refractivity contribution in [1.82, 2.24) is 0 Å². The molecule has 4 aromatic rings. The van der Waals surface area contributed by atoms with Gasteiger partial charge in [0.2, 0.25) is 0 Å². The van der Waals surface area contributed by atoms with Crippen LogP contribution in [0.4, 0.5) is 15.8 Å². The predicted octanol–water partition coefficient (Wildman–Crippen LogP) is 9.14. The summed E-state index contributed by atoms with van der Waals surface area (Å²) in [6.45, 7) is 2.49. The Bertz CT molecular complexity index is 1570. The zero-order valence-electron chi connectivity index (χ0n) is 22.2. The van der Waals surface area contributed by atoms with Crippen LogP contribution in [0.3, 0.4) is 0 Å². The summed E-state index contributed by atoms with van der Waals surface area (Å²) in [6.07, 6.45) is 7.57. The van der Waals surface area contributed by atoms with Gasteiger partial charge in [0.1, 0.15) is 12.4 Å². The number of aliphatic imine (C=N–C) groups is 1. The van der Waals surface area contributed by atoms with Crippen LogP contribution in [-0.4, -0.2) is 12.8 Å². The van der Waals surface area contributed by atoms with Gasteiger partial charge in [-0.15, -0.1) is 0 Å². The molecule has 40 heavy (non-hydrogen) atoms. The highest BCUT2D eigenvalue weighted by Crippen LogP contribution is 2.49. The molecule has 202 valence electrons. The van der Waals surface area contributed by atoms with Gasteiger partial charge in [-0.2, -0.15) is 0 Å². The van der Waals surface area contributed by atoms with Gasteiger partial charge >= 0.3 is 0 Å². The van der Waals surface area contributed by atoms with Gasteiger partial charge in [-0.3, -0.25) is 4.99 Å². The third-order valence-corrected chi connectivity index (χ3v) is 8.14. The number of rotatable bonds is 8. The zero-order valence-corrected chi connectivity index (χ0v) is 23.8. The first-order valence-electron chi connectivity index (χ1n) is 13.6. The number of ether oxygens (including phenoxy) is 2. The van der Waals surface area contributed by atoms with Crippen molar-refractivity contribution in [1.29, 1.82) is 0 Å². The number of fused-ring (bicyclic) bond motifs is 3. The van der Waals surface area contributed by atoms with Crippen LogP contribution in [0.5, 0.6) is 11.5 Å². The van der Waals surface area contributed by atoms with E-state index in [1.807, 2.05) is 25.3 Å². The number of hydrogen-bond donors (Lipinski definition) is 1. The Hall–Kier alpha value is -3.90. The number of para-hydroxylation sites is 1. The van der Waals surface area contributed by atoms with Crippen LogP contribution < -0.4 is 14.8 Å². The van der Waals surface area contributed by atoms with Gasteiger partial charge in [0.15, 0.2) is 11.5 Å². The highest BCUT2D eigenvalue weighted by Gasteiger charge is 2.37. The van der Waals surface area contributed by atoms with Crippen LogP contribution in [0.25, 0.3) is 0 Å². The number of hydrogen-bond acceptors (Lipinski definition) is 4. The molecule has 0 aromatic heterocycles. The maximum absolute atomic E-state index is 14.1. The molecule has 1 aliphatic carbocycles. The minimum atomic E-state index is -0.296. The number of anilines is 1. The third kappa shape index (κ3) is 5.41. The molecule has 4 nitrogen and oxygen atoms in total. The highest BCUT2D eigenvalue weighted by atomic mass is 79.9. The SMILES string of the molecule is CCOc1cc(C=Nc2ccc([C@@H]3Nc4ccccc4[C@@H]4C=CC[C@H]43)cc2)cc(Br)c1OCc1ccccc1F. The van der Waals surface area contributed by atoms with E-state index in [4.69, 9.17) is 14.5 Å². The molecule has 1 N–H and O–H groups in total. The summed E-state index contributed by atoms with van der Waals surface area (Å²) in [7, 11) is 0. The molecule has 0 unspecified atom stereocenters. The first kappa shape index (κ1) is 26.3. The van der Waals surface area contributed by atoms with E-state index in [9.17, 15) is 4.39 Å². The molecule has 2 aliphatic rings. The van der Waals surface area contributed by atoms with Crippen LogP contribution in [0.15, 0.2) is 107 Å². The van der Waals surface area contributed by atoms with Crippen LogP contribution in [0.1, 0.15) is 47.6 Å². The normalized spacial score (nSPS) is 19.2. The van der Waals surface area contributed by atoms with Gasteiger partial charge in [0.05, 0.1) is 22.8 Å². The van der Waals surface area contributed by atoms with Crippen molar-refractivity contribution in [2.24, 2.45) is 10.9 Å². The number of halogens is 2. The second-order valence-electron chi connectivity index (χ2n) is 10.1. The minimum absolute atomic E-state index is 0.101. The largest absolute Gasteiger partial charge is 0.490 e. The number of benzene rings is 4. The van der Waals surface area contributed by atoms with Gasteiger partial charge in [-0.1, -0.05) is 60.7 Å². The molecule has 1 heterocycles. The fraction of sp³-hybridized carbons (Fsp3) is 0.206. The lowest BCUT2D eigenvalue weighted by Gasteiger charge is -2.37. The van der Waals surface area contributed by atoms with E-state index in [-0.39, 0.29) is 18.5 Å². The first-order valence-corrected chi connectivity index (χ1v) is 14.4. The van der Waals surface area contributed by atoms with Crippen LogP contribution in [-0.2, 0) is 6.61 Å². The molecule has 3 atom stereocenters. The maximum atomic E-state index is 14.1. The van der Waals surface area contributed by atoms with Gasteiger partial charge in [-0.05, 0) is 88.3 Å². The molecule has 0 saturated carbocycles. The quantitative estimate of drug-likeness (QED) is 0.163. The summed E-state index contributed by atoms with van der Waals surface area (Å²) in [5, 5.41) is 3.79. The summed E-state index contributed by atoms with van der Waals surface area (Å²) in [4.78, 5) is 4.72. The molecule has 0 amide bonds. The Morgan fingerprint density at radius 3 is 2.62 bits per heavy atom. The van der Waals surface area contributed by atoms with Crippen molar-refractivity contribution in [2.45, 2.75) is 31.9 Å². The monoisotopic (exact) mass is 596 g/mol. The van der Waals surface area contributed by atoms with Crippen molar-refractivity contribution in [3.05, 3.63) is 130 Å². The number of allylic oxidation sites excluding steroid dienone is 2. The Labute approximate surface area is 242 Å². The molecule has 0 spiro atoms. The van der Waals surface area contributed by atoms with Crippen molar-refractivity contribution in [3.8, 4) is 11.5 Å². The first-order chi connectivity index (χ1) is 19.6. The summed E-state index contributed by atoms with van der Waals surface area (Å²) >= 11 is 3.60. The maximum Gasteiger partial charge on any atom is 0.175 e. The molecular formula is C34H30BrFN2O2. The van der Waals surface area contributed by atoms with Crippen molar-refractivity contribution in [3.63, 3.8) is 0 Å². The average molecular weight is 598 g/mol. The van der Waals surface area contributed by atoms with Crippen LogP contribution in [0.2, 0.25) is 0 Å². The number of nitrogens with zero attached hydrogens (tertiary/aromatic N) is 1. The smallest absolute Gasteiger partial charge is 0.175 e. The third-order valence-electron chi connectivity index (χ3n) is 7.55. The molecule has 0 radical (unpaired) electrons. The average Bonchev–Trinajstić information content (AvgIpc) is 3.47. The second kappa shape index (κ2) is 11.7. The van der Waals surface area contributed by atoms with Crippen LogP contribution >= 0.6 is 15.9 Å². The summed E-state index contributed by atoms with van der Waals surface area (Å²) < 4.78 is 26.6. The van der Waals surface area contributed by atoms with Gasteiger partial charge in [-0.25, -0.2) is 4.39 Å². The zero-order chi connectivity index (χ0) is 27.5. The van der Waals surface area contributed by atoms with E-state index >= 15 is 0 Å². The van der Waals surface area contributed by atoms with E-state index in [1.165, 1.54) is 22.9 Å². The Balaban J connectivity index is 1.18. The standard InChI is InChI=1S/C34H30BrFN2O2/c1-2-39-32-19-22(18-29(35)34(32)40-21-24-8-3-5-12-30(24)36)20-37-25-16-14-23(15-17-25)33-28-11-7-10-26(28)27-9-4-6-13-31(27)38-33/h3-10,12-20,26,28,33,38H,2,11,21H2,1H3/t26-,28+,33-/m0/s1. The Morgan fingerprint density at radius 2 is 1.80 bits per heavy atom. The van der Waals surface area contributed by atoms with Gasteiger partial charge in [0, 0.05) is 23.4 Å². The topological polar surface area (TPSA) is 42.8 Å². The lowest BCUT2D eigenvalue weighted by molar-refractivity contribution is 0.264. The minimum Gasteiger partial charge on any atom is -0.490 e. The molecule has 0 fully saturated rings. The van der Waals surface area contributed by atoms with Crippen molar-refractivity contribution in [2.75, 3.05) is 11.9 Å². The fourth-order valence-corrected chi connectivity index (χ4v) is 6.20. The van der Waals surface area contributed by atoms with E-state index in [0.717, 1.165) is 22.1 Å². The summed E-state index contributed by atoms with van der Waals surface area (Å²) in [6, 6.07) is 27.8. The van der Waals surface area contributed by atoms with E-state index in [2.05, 4.69) is 81.9 Å². The highest BCUT2D eigenvalue weighted by molar-refractivity contribution is 9.10.